The SMILES string of the molecule is COC(=O)C(=O)c1cn(C)c2cc(Cl)ccc12. The molecule has 0 saturated carbocycles. The van der Waals surface area contributed by atoms with Crippen molar-refractivity contribution in [2.45, 2.75) is 0 Å². The molecule has 0 aliphatic heterocycles. The van der Waals surface area contributed by atoms with Gasteiger partial charge in [-0.3, -0.25) is 4.79 Å². The molecular formula is C12H10ClNO3. The fraction of sp³-hybridized carbons (Fsp3) is 0.167. The van der Waals surface area contributed by atoms with Gasteiger partial charge in [-0.15, -0.1) is 0 Å². The molecule has 0 radical (unpaired) electrons. The van der Waals surface area contributed by atoms with Gasteiger partial charge in [-0.05, 0) is 12.1 Å². The normalized spacial score (nSPS) is 10.5. The Morgan fingerprint density at radius 1 is 1.35 bits per heavy atom. The van der Waals surface area contributed by atoms with Crippen LogP contribution in [0.25, 0.3) is 10.9 Å². The lowest BCUT2D eigenvalue weighted by Gasteiger charge is -1.97. The summed E-state index contributed by atoms with van der Waals surface area (Å²) in [5, 5.41) is 1.27. The number of esters is 1. The van der Waals surface area contributed by atoms with Gasteiger partial charge in [0.1, 0.15) is 0 Å². The quantitative estimate of drug-likeness (QED) is 0.467. The highest BCUT2D eigenvalue weighted by atomic mass is 35.5. The number of aryl methyl sites for hydroxylation is 1. The number of aromatic nitrogens is 1. The van der Waals surface area contributed by atoms with Gasteiger partial charge in [0.25, 0.3) is 5.78 Å². The summed E-state index contributed by atoms with van der Waals surface area (Å²) in [6.07, 6.45) is 1.60. The number of rotatable bonds is 2. The van der Waals surface area contributed by atoms with Gasteiger partial charge in [-0.25, -0.2) is 4.79 Å². The molecule has 2 rings (SSSR count). The highest BCUT2D eigenvalue weighted by molar-refractivity contribution is 6.43. The standard InChI is InChI=1S/C12H10ClNO3/c1-14-6-9(11(15)12(16)17-2)8-4-3-7(13)5-10(8)14/h3-6H,1-2H3. The van der Waals surface area contributed by atoms with Crippen LogP contribution in [-0.4, -0.2) is 23.4 Å². The van der Waals surface area contributed by atoms with Crippen molar-refractivity contribution >= 4 is 34.3 Å². The molecule has 0 bridgehead atoms. The van der Waals surface area contributed by atoms with Gasteiger partial charge in [0.15, 0.2) is 0 Å². The number of methoxy groups -OCH3 is 1. The maximum absolute atomic E-state index is 11.8. The fourth-order valence-electron chi connectivity index (χ4n) is 1.74. The van der Waals surface area contributed by atoms with E-state index >= 15 is 0 Å². The van der Waals surface area contributed by atoms with Gasteiger partial charge in [-0.2, -0.15) is 0 Å². The Morgan fingerprint density at radius 2 is 2.06 bits per heavy atom. The summed E-state index contributed by atoms with van der Waals surface area (Å²) in [6, 6.07) is 5.14. The van der Waals surface area contributed by atoms with Crippen LogP contribution in [0.4, 0.5) is 0 Å². The maximum Gasteiger partial charge on any atom is 0.379 e. The molecule has 1 aromatic carbocycles. The van der Waals surface area contributed by atoms with Crippen LogP contribution in [-0.2, 0) is 16.6 Å². The van der Waals surface area contributed by atoms with Gasteiger partial charge in [0.2, 0.25) is 0 Å². The molecule has 0 atom stereocenters. The summed E-state index contributed by atoms with van der Waals surface area (Å²) in [5.41, 5.74) is 1.12. The summed E-state index contributed by atoms with van der Waals surface area (Å²) < 4.78 is 6.17. The number of hydrogen-bond acceptors (Lipinski definition) is 3. The summed E-state index contributed by atoms with van der Waals surface area (Å²) in [6.45, 7) is 0. The molecule has 0 aliphatic rings. The third-order valence-corrected chi connectivity index (χ3v) is 2.80. The van der Waals surface area contributed by atoms with Gasteiger partial charge < -0.3 is 9.30 Å². The van der Waals surface area contributed by atoms with E-state index in [1.165, 1.54) is 7.11 Å². The average Bonchev–Trinajstić information content (AvgIpc) is 2.64. The number of fused-ring (bicyclic) bond motifs is 1. The van der Waals surface area contributed by atoms with Crippen molar-refractivity contribution in [2.24, 2.45) is 7.05 Å². The predicted octanol–water partition coefficient (Wildman–Crippen LogP) is 2.19. The summed E-state index contributed by atoms with van der Waals surface area (Å²) in [7, 11) is 2.97. The molecule has 0 unspecified atom stereocenters. The first kappa shape index (κ1) is 11.7. The largest absolute Gasteiger partial charge is 0.463 e. The third-order valence-electron chi connectivity index (χ3n) is 2.57. The van der Waals surface area contributed by atoms with Crippen molar-refractivity contribution in [3.05, 3.63) is 35.0 Å². The maximum atomic E-state index is 11.8. The third kappa shape index (κ3) is 1.91. The second kappa shape index (κ2) is 4.22. The molecule has 2 aromatic rings. The lowest BCUT2D eigenvalue weighted by molar-refractivity contribution is -0.135. The smallest absolute Gasteiger partial charge is 0.379 e. The molecule has 0 saturated heterocycles. The first-order valence-electron chi connectivity index (χ1n) is 4.92. The van der Waals surface area contributed by atoms with Crippen LogP contribution in [0.15, 0.2) is 24.4 Å². The molecule has 88 valence electrons. The molecule has 17 heavy (non-hydrogen) atoms. The number of carbonyl (C=O) groups is 2. The van der Waals surface area contributed by atoms with E-state index in [1.807, 2.05) is 0 Å². The molecule has 5 heteroatoms. The highest BCUT2D eigenvalue weighted by Crippen LogP contribution is 2.24. The minimum absolute atomic E-state index is 0.325. The lowest BCUT2D eigenvalue weighted by Crippen LogP contribution is -2.15. The van der Waals surface area contributed by atoms with E-state index in [4.69, 9.17) is 11.6 Å². The zero-order valence-corrected chi connectivity index (χ0v) is 10.1. The number of Topliss-reactive ketones (excluding diaryl/α,β-unsaturated/α-hetero) is 1. The molecule has 0 fully saturated rings. The van der Waals surface area contributed by atoms with E-state index in [-0.39, 0.29) is 0 Å². The van der Waals surface area contributed by atoms with E-state index in [0.717, 1.165) is 5.52 Å². The van der Waals surface area contributed by atoms with E-state index in [9.17, 15) is 9.59 Å². The van der Waals surface area contributed by atoms with E-state index in [1.54, 1.807) is 36.0 Å². The molecule has 4 nitrogen and oxygen atoms in total. The number of ketones is 1. The number of ether oxygens (including phenoxy) is 1. The number of nitrogens with zero attached hydrogens (tertiary/aromatic N) is 1. The van der Waals surface area contributed by atoms with Crippen molar-refractivity contribution in [2.75, 3.05) is 7.11 Å². The highest BCUT2D eigenvalue weighted by Gasteiger charge is 2.21. The van der Waals surface area contributed by atoms with Gasteiger partial charge in [0.05, 0.1) is 12.7 Å². The van der Waals surface area contributed by atoms with Crippen LogP contribution < -0.4 is 0 Å². The average molecular weight is 252 g/mol. The number of benzene rings is 1. The van der Waals surface area contributed by atoms with Crippen molar-refractivity contribution in [1.29, 1.82) is 0 Å². The predicted molar refractivity (Wildman–Crippen MR) is 64.3 cm³/mol. The van der Waals surface area contributed by atoms with Gasteiger partial charge >= 0.3 is 5.97 Å². The molecule has 1 heterocycles. The second-order valence-electron chi connectivity index (χ2n) is 3.64. The number of hydrogen-bond donors (Lipinski definition) is 0. The minimum atomic E-state index is -0.868. The Morgan fingerprint density at radius 3 is 2.71 bits per heavy atom. The Kier molecular flexibility index (Phi) is 2.90. The Labute approximate surface area is 103 Å². The van der Waals surface area contributed by atoms with Crippen molar-refractivity contribution in [3.63, 3.8) is 0 Å². The molecule has 0 spiro atoms. The van der Waals surface area contributed by atoms with Crippen LogP contribution in [0.3, 0.4) is 0 Å². The Balaban J connectivity index is 2.64. The van der Waals surface area contributed by atoms with Gasteiger partial charge in [0, 0.05) is 29.2 Å². The van der Waals surface area contributed by atoms with Crippen LogP contribution in [0.1, 0.15) is 10.4 Å². The number of halogens is 1. The van der Waals surface area contributed by atoms with Crippen LogP contribution in [0.2, 0.25) is 5.02 Å². The first-order chi connectivity index (χ1) is 8.04. The minimum Gasteiger partial charge on any atom is -0.463 e. The molecular weight excluding hydrogens is 242 g/mol. The lowest BCUT2D eigenvalue weighted by atomic mass is 10.1. The molecule has 0 amide bonds. The summed E-state index contributed by atoms with van der Waals surface area (Å²) in [5.74, 6) is -1.52. The Bertz CT molecular complexity index is 615. The summed E-state index contributed by atoms with van der Waals surface area (Å²) in [4.78, 5) is 23.0. The van der Waals surface area contributed by atoms with Crippen LogP contribution in [0, 0.1) is 0 Å². The molecule has 1 aromatic heterocycles. The molecule has 0 N–H and O–H groups in total. The van der Waals surface area contributed by atoms with Crippen molar-refractivity contribution < 1.29 is 14.3 Å². The zero-order chi connectivity index (χ0) is 12.6. The summed E-state index contributed by atoms with van der Waals surface area (Å²) >= 11 is 5.88. The molecule has 0 aliphatic carbocycles. The van der Waals surface area contributed by atoms with E-state index < -0.39 is 11.8 Å². The van der Waals surface area contributed by atoms with E-state index in [2.05, 4.69) is 4.74 Å². The fourth-order valence-corrected chi connectivity index (χ4v) is 1.91. The van der Waals surface area contributed by atoms with Crippen LogP contribution >= 0.6 is 11.6 Å². The monoisotopic (exact) mass is 251 g/mol. The van der Waals surface area contributed by atoms with Crippen LogP contribution in [0.5, 0.6) is 0 Å². The second-order valence-corrected chi connectivity index (χ2v) is 4.07. The van der Waals surface area contributed by atoms with Crippen molar-refractivity contribution in [3.8, 4) is 0 Å². The topological polar surface area (TPSA) is 48.3 Å². The first-order valence-corrected chi connectivity index (χ1v) is 5.29. The Hall–Kier alpha value is -1.81. The van der Waals surface area contributed by atoms with E-state index in [0.29, 0.717) is 16.0 Å². The van der Waals surface area contributed by atoms with Crippen molar-refractivity contribution in [1.82, 2.24) is 4.57 Å². The van der Waals surface area contributed by atoms with Gasteiger partial charge in [-0.1, -0.05) is 17.7 Å². The number of carbonyl (C=O) groups excluding carboxylic acids is 2. The zero-order valence-electron chi connectivity index (χ0n) is 9.36.